The van der Waals surface area contributed by atoms with Crippen molar-refractivity contribution in [1.82, 2.24) is 4.72 Å². The van der Waals surface area contributed by atoms with E-state index in [0.717, 1.165) is 29.3 Å². The average molecular weight is 334 g/mol. The van der Waals surface area contributed by atoms with Gasteiger partial charge in [0.05, 0.1) is 4.90 Å². The quantitative estimate of drug-likeness (QED) is 0.813. The Labute approximate surface area is 118 Å². The molecule has 0 bridgehead atoms. The van der Waals surface area contributed by atoms with E-state index in [1.807, 2.05) is 26.8 Å². The Morgan fingerprint density at radius 1 is 1.28 bits per heavy atom. The van der Waals surface area contributed by atoms with E-state index in [0.29, 0.717) is 4.90 Å². The molecule has 1 aromatic rings. The third-order valence-electron chi connectivity index (χ3n) is 2.92. The molecule has 1 rings (SSSR count). The molecule has 1 aromatic carbocycles. The lowest BCUT2D eigenvalue weighted by Crippen LogP contribution is -2.32. The topological polar surface area (TPSA) is 46.2 Å². The molecule has 1 unspecified atom stereocenters. The molecule has 0 fully saturated rings. The summed E-state index contributed by atoms with van der Waals surface area (Å²) in [6, 6.07) is 5.17. The molecular weight excluding hydrogens is 314 g/mol. The van der Waals surface area contributed by atoms with Gasteiger partial charge in [-0.1, -0.05) is 22.0 Å². The van der Waals surface area contributed by atoms with Crippen LogP contribution in [0.2, 0.25) is 0 Å². The van der Waals surface area contributed by atoms with Crippen molar-refractivity contribution in [3.05, 3.63) is 29.3 Å². The molecule has 1 atom stereocenters. The normalized spacial score (nSPS) is 13.6. The van der Waals surface area contributed by atoms with Crippen LogP contribution in [0.5, 0.6) is 0 Å². The predicted molar refractivity (Wildman–Crippen MR) is 78.7 cm³/mol. The summed E-state index contributed by atoms with van der Waals surface area (Å²) in [5.74, 6) is 0. The Balaban J connectivity index is 2.83. The molecule has 1 N–H and O–H groups in total. The Bertz CT molecular complexity index is 500. The number of hydrogen-bond donors (Lipinski definition) is 1. The van der Waals surface area contributed by atoms with Crippen molar-refractivity contribution in [1.29, 1.82) is 0 Å². The van der Waals surface area contributed by atoms with Gasteiger partial charge < -0.3 is 0 Å². The standard InChI is InChI=1S/C13H20BrNO2S/c1-10-6-7-13(9-11(10)2)18(16,17)15-12(3)5-4-8-14/h6-7,9,12,15H,4-5,8H2,1-3H3. The highest BCUT2D eigenvalue weighted by Gasteiger charge is 2.17. The van der Waals surface area contributed by atoms with Crippen LogP contribution in [-0.4, -0.2) is 19.8 Å². The molecule has 0 aliphatic carbocycles. The zero-order valence-corrected chi connectivity index (χ0v) is 13.4. The number of halogens is 1. The van der Waals surface area contributed by atoms with Crippen LogP contribution >= 0.6 is 15.9 Å². The maximum Gasteiger partial charge on any atom is 0.240 e. The second kappa shape index (κ2) is 6.68. The van der Waals surface area contributed by atoms with E-state index < -0.39 is 10.0 Å². The van der Waals surface area contributed by atoms with Crippen LogP contribution in [0.25, 0.3) is 0 Å². The molecule has 5 heteroatoms. The molecule has 102 valence electrons. The van der Waals surface area contributed by atoms with Gasteiger partial charge in [-0.15, -0.1) is 0 Å². The summed E-state index contributed by atoms with van der Waals surface area (Å²) < 4.78 is 27.0. The Hall–Kier alpha value is -0.390. The Morgan fingerprint density at radius 2 is 1.94 bits per heavy atom. The fraction of sp³-hybridized carbons (Fsp3) is 0.538. The Kier molecular flexibility index (Phi) is 5.82. The second-order valence-corrected chi connectivity index (χ2v) is 7.11. The minimum atomic E-state index is -3.39. The van der Waals surface area contributed by atoms with E-state index in [1.165, 1.54) is 0 Å². The van der Waals surface area contributed by atoms with Crippen LogP contribution in [0, 0.1) is 13.8 Å². The first-order valence-electron chi connectivity index (χ1n) is 6.02. The number of benzene rings is 1. The first-order chi connectivity index (χ1) is 8.36. The van der Waals surface area contributed by atoms with E-state index >= 15 is 0 Å². The van der Waals surface area contributed by atoms with E-state index in [1.54, 1.807) is 12.1 Å². The number of sulfonamides is 1. The lowest BCUT2D eigenvalue weighted by Gasteiger charge is -2.14. The van der Waals surface area contributed by atoms with Crippen LogP contribution in [0.3, 0.4) is 0 Å². The summed E-state index contributed by atoms with van der Waals surface area (Å²) in [4.78, 5) is 0.344. The zero-order chi connectivity index (χ0) is 13.8. The number of rotatable bonds is 6. The lowest BCUT2D eigenvalue weighted by molar-refractivity contribution is 0.545. The van der Waals surface area contributed by atoms with Crippen LogP contribution < -0.4 is 4.72 Å². The molecule has 0 saturated carbocycles. The summed E-state index contributed by atoms with van der Waals surface area (Å²) >= 11 is 3.34. The van der Waals surface area contributed by atoms with Crippen molar-refractivity contribution in [2.24, 2.45) is 0 Å². The molecule has 0 radical (unpaired) electrons. The lowest BCUT2D eigenvalue weighted by atomic mass is 10.1. The summed E-state index contributed by atoms with van der Waals surface area (Å²) in [5.41, 5.74) is 2.09. The van der Waals surface area contributed by atoms with Gasteiger partial charge in [-0.2, -0.15) is 0 Å². The Morgan fingerprint density at radius 3 is 2.50 bits per heavy atom. The van der Waals surface area contributed by atoms with Gasteiger partial charge in [0.1, 0.15) is 0 Å². The molecule has 18 heavy (non-hydrogen) atoms. The highest BCUT2D eigenvalue weighted by atomic mass is 79.9. The average Bonchev–Trinajstić information content (AvgIpc) is 2.29. The van der Waals surface area contributed by atoms with Gasteiger partial charge in [0.15, 0.2) is 0 Å². The maximum absolute atomic E-state index is 12.1. The third kappa shape index (κ3) is 4.37. The molecule has 0 saturated heterocycles. The van der Waals surface area contributed by atoms with E-state index in [-0.39, 0.29) is 6.04 Å². The predicted octanol–water partition coefficient (Wildman–Crippen LogP) is 3.15. The van der Waals surface area contributed by atoms with E-state index in [4.69, 9.17) is 0 Å². The molecular formula is C13H20BrNO2S. The van der Waals surface area contributed by atoms with Crippen LogP contribution in [0.4, 0.5) is 0 Å². The molecule has 0 amide bonds. The van der Waals surface area contributed by atoms with E-state index in [9.17, 15) is 8.42 Å². The van der Waals surface area contributed by atoms with Crippen LogP contribution in [-0.2, 0) is 10.0 Å². The number of alkyl halides is 1. The minimum Gasteiger partial charge on any atom is -0.208 e. The first-order valence-corrected chi connectivity index (χ1v) is 8.63. The molecule has 3 nitrogen and oxygen atoms in total. The number of aryl methyl sites for hydroxylation is 2. The smallest absolute Gasteiger partial charge is 0.208 e. The van der Waals surface area contributed by atoms with Gasteiger partial charge in [-0.3, -0.25) is 0 Å². The van der Waals surface area contributed by atoms with Crippen molar-refractivity contribution < 1.29 is 8.42 Å². The van der Waals surface area contributed by atoms with Crippen molar-refractivity contribution >= 4 is 26.0 Å². The van der Waals surface area contributed by atoms with E-state index in [2.05, 4.69) is 20.7 Å². The van der Waals surface area contributed by atoms with Gasteiger partial charge in [0.2, 0.25) is 10.0 Å². The third-order valence-corrected chi connectivity index (χ3v) is 5.06. The summed E-state index contributed by atoms with van der Waals surface area (Å²) in [7, 11) is -3.39. The van der Waals surface area contributed by atoms with Crippen molar-refractivity contribution in [3.63, 3.8) is 0 Å². The second-order valence-electron chi connectivity index (χ2n) is 4.60. The molecule has 0 spiro atoms. The van der Waals surface area contributed by atoms with Gasteiger partial charge in [-0.05, 0) is 56.9 Å². The first kappa shape index (κ1) is 15.7. The fourth-order valence-electron chi connectivity index (χ4n) is 1.66. The molecule has 0 aliphatic rings. The summed E-state index contributed by atoms with van der Waals surface area (Å²) in [6.07, 6.45) is 1.78. The van der Waals surface area contributed by atoms with Gasteiger partial charge >= 0.3 is 0 Å². The molecule has 0 aliphatic heterocycles. The highest BCUT2D eigenvalue weighted by Crippen LogP contribution is 2.15. The largest absolute Gasteiger partial charge is 0.240 e. The monoisotopic (exact) mass is 333 g/mol. The zero-order valence-electron chi connectivity index (χ0n) is 11.0. The van der Waals surface area contributed by atoms with Gasteiger partial charge in [0, 0.05) is 11.4 Å². The number of nitrogens with one attached hydrogen (secondary N) is 1. The van der Waals surface area contributed by atoms with Gasteiger partial charge in [0.25, 0.3) is 0 Å². The van der Waals surface area contributed by atoms with Crippen molar-refractivity contribution in [2.45, 2.75) is 44.6 Å². The summed E-state index contributed by atoms with van der Waals surface area (Å²) in [5, 5.41) is 0.892. The van der Waals surface area contributed by atoms with Crippen molar-refractivity contribution in [3.8, 4) is 0 Å². The minimum absolute atomic E-state index is 0.0471. The SMILES string of the molecule is Cc1ccc(S(=O)(=O)NC(C)CCCBr)cc1C. The molecule has 0 heterocycles. The molecule has 0 aromatic heterocycles. The van der Waals surface area contributed by atoms with Crippen LogP contribution in [0.1, 0.15) is 30.9 Å². The fourth-order valence-corrected chi connectivity index (χ4v) is 3.34. The maximum atomic E-state index is 12.1. The van der Waals surface area contributed by atoms with Crippen LogP contribution in [0.15, 0.2) is 23.1 Å². The summed E-state index contributed by atoms with van der Waals surface area (Å²) in [6.45, 7) is 5.78. The number of hydrogen-bond acceptors (Lipinski definition) is 2. The van der Waals surface area contributed by atoms with Gasteiger partial charge in [-0.25, -0.2) is 13.1 Å². The highest BCUT2D eigenvalue weighted by molar-refractivity contribution is 9.09. The van der Waals surface area contributed by atoms with Crippen molar-refractivity contribution in [2.75, 3.05) is 5.33 Å².